The first-order valence-electron chi connectivity index (χ1n) is 8.32. The fraction of sp³-hybridized carbons (Fsp3) is 0.211. The van der Waals surface area contributed by atoms with E-state index in [1.807, 2.05) is 18.2 Å². The second kappa shape index (κ2) is 6.39. The minimum atomic E-state index is -0.488. The van der Waals surface area contributed by atoms with Crippen LogP contribution in [0.3, 0.4) is 0 Å². The lowest BCUT2D eigenvalue weighted by Crippen LogP contribution is -2.40. The molecule has 25 heavy (non-hydrogen) atoms. The maximum atomic E-state index is 11.0. The molecule has 1 aromatic heterocycles. The molecule has 1 aliphatic rings. The molecule has 1 fully saturated rings. The summed E-state index contributed by atoms with van der Waals surface area (Å²) in [6.07, 6.45) is 2.62. The third-order valence-corrected chi connectivity index (χ3v) is 4.51. The third-order valence-electron chi connectivity index (χ3n) is 4.51. The Morgan fingerprint density at radius 1 is 1.16 bits per heavy atom. The minimum absolute atomic E-state index is 0.0467. The van der Waals surface area contributed by atoms with Crippen LogP contribution < -0.4 is 16.0 Å². The quantitative estimate of drug-likeness (QED) is 0.771. The van der Waals surface area contributed by atoms with E-state index in [0.717, 1.165) is 24.2 Å². The van der Waals surface area contributed by atoms with Crippen LogP contribution in [-0.2, 0) is 0 Å². The van der Waals surface area contributed by atoms with Crippen molar-refractivity contribution in [1.82, 2.24) is 15.3 Å². The highest BCUT2D eigenvalue weighted by Gasteiger charge is 2.25. The van der Waals surface area contributed by atoms with E-state index in [4.69, 9.17) is 10.7 Å². The molecule has 1 atom stereocenters. The van der Waals surface area contributed by atoms with Gasteiger partial charge in [0.25, 0.3) is 0 Å². The van der Waals surface area contributed by atoms with E-state index < -0.39 is 6.03 Å². The summed E-state index contributed by atoms with van der Waals surface area (Å²) in [5.74, 6) is 0.680. The first-order valence-corrected chi connectivity index (χ1v) is 8.32. The molecular formula is C19H19N5O. The number of carbonyl (C=O) groups excluding carboxylic acids is 1. The van der Waals surface area contributed by atoms with Crippen LogP contribution in [0.1, 0.15) is 6.42 Å². The average molecular weight is 333 g/mol. The molecule has 0 saturated carbocycles. The van der Waals surface area contributed by atoms with Gasteiger partial charge in [0.15, 0.2) is 0 Å². The lowest BCUT2D eigenvalue weighted by atomic mass is 10.1. The maximum Gasteiger partial charge on any atom is 0.312 e. The maximum absolute atomic E-state index is 11.0. The molecular weight excluding hydrogens is 314 g/mol. The molecule has 3 N–H and O–H groups in total. The Hall–Kier alpha value is -3.15. The van der Waals surface area contributed by atoms with E-state index in [1.165, 1.54) is 10.8 Å². The molecule has 0 radical (unpaired) electrons. The molecule has 1 aliphatic heterocycles. The summed E-state index contributed by atoms with van der Waals surface area (Å²) >= 11 is 0. The largest absolute Gasteiger partial charge is 0.352 e. The van der Waals surface area contributed by atoms with Crippen molar-refractivity contribution >= 4 is 22.8 Å². The summed E-state index contributed by atoms with van der Waals surface area (Å²) in [6.45, 7) is 1.47. The van der Waals surface area contributed by atoms with Gasteiger partial charge in [-0.1, -0.05) is 36.4 Å². The number of nitrogens with two attached hydrogens (primary N) is 1. The zero-order valence-corrected chi connectivity index (χ0v) is 13.7. The normalized spacial score (nSPS) is 17.0. The average Bonchev–Trinajstić information content (AvgIpc) is 3.09. The lowest BCUT2D eigenvalue weighted by Gasteiger charge is -2.17. The highest BCUT2D eigenvalue weighted by Crippen LogP contribution is 2.25. The van der Waals surface area contributed by atoms with Crippen LogP contribution in [0.25, 0.3) is 22.0 Å². The number of nitrogens with one attached hydrogen (secondary N) is 1. The van der Waals surface area contributed by atoms with E-state index in [2.05, 4.69) is 45.5 Å². The van der Waals surface area contributed by atoms with Crippen LogP contribution in [0.4, 0.5) is 10.7 Å². The Labute approximate surface area is 145 Å². The lowest BCUT2D eigenvalue weighted by molar-refractivity contribution is 0.246. The first kappa shape index (κ1) is 15.4. The second-order valence-corrected chi connectivity index (χ2v) is 6.24. The third kappa shape index (κ3) is 3.24. The standard InChI is InChI=1S/C19H19N5O/c20-18(25)22-16-8-10-24(12-16)19-21-9-7-17(23-19)15-6-5-13-3-1-2-4-14(13)11-15/h1-7,9,11,16H,8,10,12H2,(H3,20,22,25). The molecule has 2 heterocycles. The van der Waals surface area contributed by atoms with Crippen molar-refractivity contribution < 1.29 is 4.79 Å². The van der Waals surface area contributed by atoms with Crippen LogP contribution in [0.5, 0.6) is 0 Å². The molecule has 2 amide bonds. The number of carbonyl (C=O) groups is 1. The summed E-state index contributed by atoms with van der Waals surface area (Å²) in [6, 6.07) is 16.1. The number of primary amides is 1. The minimum Gasteiger partial charge on any atom is -0.352 e. The molecule has 0 aliphatic carbocycles. The van der Waals surface area contributed by atoms with E-state index >= 15 is 0 Å². The van der Waals surface area contributed by atoms with Crippen molar-refractivity contribution in [3.8, 4) is 11.3 Å². The predicted octanol–water partition coefficient (Wildman–Crippen LogP) is 2.54. The number of benzene rings is 2. The fourth-order valence-corrected chi connectivity index (χ4v) is 3.27. The molecule has 0 spiro atoms. The van der Waals surface area contributed by atoms with E-state index in [0.29, 0.717) is 12.5 Å². The van der Waals surface area contributed by atoms with Crippen LogP contribution in [-0.4, -0.2) is 35.1 Å². The van der Waals surface area contributed by atoms with Crippen molar-refractivity contribution in [2.45, 2.75) is 12.5 Å². The SMILES string of the molecule is NC(=O)NC1CCN(c2nccc(-c3ccc4ccccc4c3)n2)C1. The number of fused-ring (bicyclic) bond motifs is 1. The van der Waals surface area contributed by atoms with Gasteiger partial charge in [0.2, 0.25) is 5.95 Å². The van der Waals surface area contributed by atoms with Crippen molar-refractivity contribution in [3.05, 3.63) is 54.7 Å². The van der Waals surface area contributed by atoms with Gasteiger partial charge in [-0.25, -0.2) is 14.8 Å². The van der Waals surface area contributed by atoms with Gasteiger partial charge >= 0.3 is 6.03 Å². The van der Waals surface area contributed by atoms with Crippen LogP contribution in [0.15, 0.2) is 54.7 Å². The molecule has 4 rings (SSSR count). The smallest absolute Gasteiger partial charge is 0.312 e. The number of hydrogen-bond acceptors (Lipinski definition) is 4. The van der Waals surface area contributed by atoms with Crippen molar-refractivity contribution in [3.63, 3.8) is 0 Å². The van der Waals surface area contributed by atoms with Crippen LogP contribution in [0.2, 0.25) is 0 Å². The van der Waals surface area contributed by atoms with Crippen LogP contribution in [0, 0.1) is 0 Å². The number of nitrogens with zero attached hydrogens (tertiary/aromatic N) is 3. The Morgan fingerprint density at radius 3 is 2.84 bits per heavy atom. The Morgan fingerprint density at radius 2 is 2.00 bits per heavy atom. The van der Waals surface area contributed by atoms with E-state index in [1.54, 1.807) is 6.20 Å². The molecule has 0 bridgehead atoms. The van der Waals surface area contributed by atoms with Crippen molar-refractivity contribution in [2.75, 3.05) is 18.0 Å². The fourth-order valence-electron chi connectivity index (χ4n) is 3.27. The zero-order chi connectivity index (χ0) is 17.2. The van der Waals surface area contributed by atoms with E-state index in [-0.39, 0.29) is 6.04 Å². The van der Waals surface area contributed by atoms with Crippen molar-refractivity contribution in [2.24, 2.45) is 5.73 Å². The van der Waals surface area contributed by atoms with Gasteiger partial charge in [-0.3, -0.25) is 0 Å². The molecule has 6 nitrogen and oxygen atoms in total. The van der Waals surface area contributed by atoms with Crippen LogP contribution >= 0.6 is 0 Å². The van der Waals surface area contributed by atoms with Gasteiger partial charge in [0.1, 0.15) is 0 Å². The predicted molar refractivity (Wildman–Crippen MR) is 98.3 cm³/mol. The van der Waals surface area contributed by atoms with Gasteiger partial charge in [0.05, 0.1) is 5.69 Å². The van der Waals surface area contributed by atoms with Gasteiger partial charge in [-0.05, 0) is 29.3 Å². The number of anilines is 1. The number of rotatable bonds is 3. The van der Waals surface area contributed by atoms with Gasteiger partial charge in [-0.15, -0.1) is 0 Å². The number of urea groups is 1. The number of hydrogen-bond donors (Lipinski definition) is 2. The Balaban J connectivity index is 1.59. The first-order chi connectivity index (χ1) is 12.2. The highest BCUT2D eigenvalue weighted by atomic mass is 16.2. The zero-order valence-electron chi connectivity index (χ0n) is 13.7. The van der Waals surface area contributed by atoms with Gasteiger partial charge in [0, 0.05) is 30.9 Å². The molecule has 1 unspecified atom stereocenters. The Bertz CT molecular complexity index is 926. The van der Waals surface area contributed by atoms with Gasteiger partial charge < -0.3 is 16.0 Å². The number of amides is 2. The summed E-state index contributed by atoms with van der Waals surface area (Å²) in [4.78, 5) is 22.2. The second-order valence-electron chi connectivity index (χ2n) is 6.24. The monoisotopic (exact) mass is 333 g/mol. The summed E-state index contributed by atoms with van der Waals surface area (Å²) in [7, 11) is 0. The molecule has 126 valence electrons. The highest BCUT2D eigenvalue weighted by molar-refractivity contribution is 5.86. The molecule has 1 saturated heterocycles. The van der Waals surface area contributed by atoms with Gasteiger partial charge in [-0.2, -0.15) is 0 Å². The summed E-state index contributed by atoms with van der Waals surface area (Å²) in [5, 5.41) is 5.15. The Kier molecular flexibility index (Phi) is 3.93. The summed E-state index contributed by atoms with van der Waals surface area (Å²) < 4.78 is 0. The summed E-state index contributed by atoms with van der Waals surface area (Å²) in [5.41, 5.74) is 7.16. The molecule has 3 aromatic rings. The molecule has 2 aromatic carbocycles. The van der Waals surface area contributed by atoms with Crippen molar-refractivity contribution in [1.29, 1.82) is 0 Å². The van der Waals surface area contributed by atoms with E-state index in [9.17, 15) is 4.79 Å². The number of aromatic nitrogens is 2. The topological polar surface area (TPSA) is 84.1 Å². The molecule has 6 heteroatoms.